The molecule has 1 saturated heterocycles. The van der Waals surface area contributed by atoms with Crippen LogP contribution in [-0.4, -0.2) is 33.4 Å². The molecule has 5 heteroatoms. The van der Waals surface area contributed by atoms with Crippen molar-refractivity contribution in [1.29, 1.82) is 0 Å². The van der Waals surface area contributed by atoms with E-state index in [1.54, 1.807) is 0 Å². The van der Waals surface area contributed by atoms with Gasteiger partial charge in [-0.2, -0.15) is 0 Å². The number of imidazole rings is 1. The zero-order valence-corrected chi connectivity index (χ0v) is 15.4. The molecule has 2 aliphatic rings. The van der Waals surface area contributed by atoms with Crippen LogP contribution in [0.1, 0.15) is 43.5 Å². The van der Waals surface area contributed by atoms with Crippen LogP contribution in [0, 0.1) is 5.92 Å². The third-order valence-electron chi connectivity index (χ3n) is 5.67. The van der Waals surface area contributed by atoms with Gasteiger partial charge >= 0.3 is 0 Å². The Balaban J connectivity index is 1.24. The molecule has 0 spiro atoms. The first-order valence-corrected chi connectivity index (χ1v) is 9.88. The number of hydrogen-bond donors (Lipinski definition) is 1. The van der Waals surface area contributed by atoms with Gasteiger partial charge in [-0.05, 0) is 50.3 Å². The number of rotatable bonds is 5. The van der Waals surface area contributed by atoms with Gasteiger partial charge in [0.2, 0.25) is 5.91 Å². The Kier molecular flexibility index (Phi) is 5.34. The van der Waals surface area contributed by atoms with Crippen LogP contribution in [0.2, 0.25) is 0 Å². The highest BCUT2D eigenvalue weighted by Crippen LogP contribution is 2.24. The third kappa shape index (κ3) is 4.15. The van der Waals surface area contributed by atoms with Crippen molar-refractivity contribution in [2.24, 2.45) is 5.92 Å². The standard InChI is InChI=1S/C21H28N4O/c26-21(23-20-15-22-19-8-4-5-11-25(19)20)14-17-9-12-24(13-10-17)16-18-6-2-1-3-7-18/h1-3,6-7,15,17H,4-5,8-14,16H2,(H,23,26). The Bertz CT molecular complexity index is 732. The molecule has 5 nitrogen and oxygen atoms in total. The summed E-state index contributed by atoms with van der Waals surface area (Å²) in [5.74, 6) is 2.62. The first-order valence-electron chi connectivity index (χ1n) is 9.88. The molecule has 2 aliphatic heterocycles. The van der Waals surface area contributed by atoms with E-state index in [1.807, 2.05) is 6.20 Å². The Morgan fingerprint density at radius 2 is 1.92 bits per heavy atom. The summed E-state index contributed by atoms with van der Waals surface area (Å²) < 4.78 is 2.17. The Morgan fingerprint density at radius 3 is 2.73 bits per heavy atom. The quantitative estimate of drug-likeness (QED) is 0.896. The highest BCUT2D eigenvalue weighted by atomic mass is 16.1. The van der Waals surface area contributed by atoms with Gasteiger partial charge in [-0.3, -0.25) is 9.69 Å². The van der Waals surface area contributed by atoms with Crippen molar-refractivity contribution in [2.45, 2.75) is 51.6 Å². The van der Waals surface area contributed by atoms with E-state index in [-0.39, 0.29) is 5.91 Å². The number of carbonyl (C=O) groups is 1. The van der Waals surface area contributed by atoms with Crippen LogP contribution in [0.15, 0.2) is 36.5 Å². The van der Waals surface area contributed by atoms with E-state index in [0.717, 1.165) is 57.1 Å². The second-order valence-corrected chi connectivity index (χ2v) is 7.63. The molecule has 1 aromatic carbocycles. The number of hydrogen-bond acceptors (Lipinski definition) is 3. The first kappa shape index (κ1) is 17.3. The molecule has 3 heterocycles. The predicted molar refractivity (Wildman–Crippen MR) is 103 cm³/mol. The zero-order chi connectivity index (χ0) is 17.8. The molecule has 1 amide bonds. The summed E-state index contributed by atoms with van der Waals surface area (Å²) in [5.41, 5.74) is 1.37. The lowest BCUT2D eigenvalue weighted by Gasteiger charge is -2.31. The van der Waals surface area contributed by atoms with Crippen molar-refractivity contribution in [3.63, 3.8) is 0 Å². The lowest BCUT2D eigenvalue weighted by atomic mass is 9.93. The molecule has 0 radical (unpaired) electrons. The number of nitrogens with zero attached hydrogens (tertiary/aromatic N) is 3. The van der Waals surface area contributed by atoms with Gasteiger partial charge in [0, 0.05) is 25.9 Å². The molecule has 0 bridgehead atoms. The summed E-state index contributed by atoms with van der Waals surface area (Å²) in [6.45, 7) is 4.15. The maximum absolute atomic E-state index is 12.5. The van der Waals surface area contributed by atoms with E-state index in [9.17, 15) is 4.79 Å². The molecule has 0 unspecified atom stereocenters. The summed E-state index contributed by atoms with van der Waals surface area (Å²) in [5, 5.41) is 3.10. The molecular formula is C21H28N4O. The highest BCUT2D eigenvalue weighted by Gasteiger charge is 2.22. The molecule has 4 rings (SSSR count). The smallest absolute Gasteiger partial charge is 0.225 e. The molecule has 138 valence electrons. The largest absolute Gasteiger partial charge is 0.315 e. The zero-order valence-electron chi connectivity index (χ0n) is 15.4. The van der Waals surface area contributed by atoms with Crippen molar-refractivity contribution in [2.75, 3.05) is 18.4 Å². The molecule has 0 aliphatic carbocycles. The average molecular weight is 352 g/mol. The van der Waals surface area contributed by atoms with Crippen LogP contribution >= 0.6 is 0 Å². The Morgan fingerprint density at radius 1 is 1.12 bits per heavy atom. The number of carbonyl (C=O) groups excluding carboxylic acids is 1. The number of piperidine rings is 1. The summed E-state index contributed by atoms with van der Waals surface area (Å²) in [6.07, 6.45) is 8.05. The van der Waals surface area contributed by atoms with Gasteiger partial charge in [0.05, 0.1) is 6.20 Å². The lowest BCUT2D eigenvalue weighted by Crippen LogP contribution is -2.34. The molecule has 1 aromatic heterocycles. The Hall–Kier alpha value is -2.14. The van der Waals surface area contributed by atoms with Gasteiger partial charge in [0.15, 0.2) is 0 Å². The van der Waals surface area contributed by atoms with Gasteiger partial charge in [-0.15, -0.1) is 0 Å². The fourth-order valence-corrected chi connectivity index (χ4v) is 4.16. The monoisotopic (exact) mass is 352 g/mol. The van der Waals surface area contributed by atoms with Gasteiger partial charge in [-0.25, -0.2) is 4.98 Å². The van der Waals surface area contributed by atoms with E-state index in [4.69, 9.17) is 0 Å². The van der Waals surface area contributed by atoms with Crippen molar-refractivity contribution in [3.8, 4) is 0 Å². The molecule has 1 N–H and O–H groups in total. The minimum absolute atomic E-state index is 0.139. The van der Waals surface area contributed by atoms with Crippen LogP contribution in [0.3, 0.4) is 0 Å². The molecule has 0 atom stereocenters. The second kappa shape index (κ2) is 8.04. The number of amides is 1. The maximum atomic E-state index is 12.5. The molecule has 26 heavy (non-hydrogen) atoms. The fraction of sp³-hybridized carbons (Fsp3) is 0.524. The number of likely N-dealkylation sites (tertiary alicyclic amines) is 1. The summed E-state index contributed by atoms with van der Waals surface area (Å²) in [4.78, 5) is 19.4. The molecule has 0 saturated carbocycles. The highest BCUT2D eigenvalue weighted by molar-refractivity contribution is 5.90. The van der Waals surface area contributed by atoms with Crippen LogP contribution in [0.4, 0.5) is 5.82 Å². The number of nitrogens with one attached hydrogen (secondary N) is 1. The molecule has 1 fully saturated rings. The second-order valence-electron chi connectivity index (χ2n) is 7.63. The van der Waals surface area contributed by atoms with E-state index in [1.165, 1.54) is 18.4 Å². The van der Waals surface area contributed by atoms with Gasteiger partial charge in [0.25, 0.3) is 0 Å². The van der Waals surface area contributed by atoms with Crippen LogP contribution in [0.5, 0.6) is 0 Å². The van der Waals surface area contributed by atoms with E-state index in [2.05, 4.69) is 50.1 Å². The van der Waals surface area contributed by atoms with E-state index in [0.29, 0.717) is 12.3 Å². The third-order valence-corrected chi connectivity index (χ3v) is 5.67. The average Bonchev–Trinajstić information content (AvgIpc) is 3.07. The van der Waals surface area contributed by atoms with Crippen molar-refractivity contribution in [1.82, 2.24) is 14.5 Å². The van der Waals surface area contributed by atoms with Gasteiger partial charge in [0.1, 0.15) is 11.6 Å². The van der Waals surface area contributed by atoms with Crippen LogP contribution in [0.25, 0.3) is 0 Å². The van der Waals surface area contributed by atoms with Crippen LogP contribution < -0.4 is 5.32 Å². The number of benzene rings is 1. The minimum Gasteiger partial charge on any atom is -0.315 e. The van der Waals surface area contributed by atoms with Crippen LogP contribution in [-0.2, 0) is 24.3 Å². The lowest BCUT2D eigenvalue weighted by molar-refractivity contribution is -0.117. The summed E-state index contributed by atoms with van der Waals surface area (Å²) in [7, 11) is 0. The van der Waals surface area contributed by atoms with Gasteiger partial charge in [-0.1, -0.05) is 30.3 Å². The van der Waals surface area contributed by atoms with E-state index < -0.39 is 0 Å². The first-order chi connectivity index (χ1) is 12.8. The number of anilines is 1. The van der Waals surface area contributed by atoms with Crippen molar-refractivity contribution in [3.05, 3.63) is 47.9 Å². The number of aryl methyl sites for hydroxylation is 1. The summed E-state index contributed by atoms with van der Waals surface area (Å²) in [6, 6.07) is 10.6. The van der Waals surface area contributed by atoms with Crippen molar-refractivity contribution >= 4 is 11.7 Å². The normalized spacial score (nSPS) is 18.5. The molecule has 2 aromatic rings. The van der Waals surface area contributed by atoms with E-state index >= 15 is 0 Å². The fourth-order valence-electron chi connectivity index (χ4n) is 4.16. The SMILES string of the molecule is O=C(CC1CCN(Cc2ccccc2)CC1)Nc1cnc2n1CCCC2. The summed E-state index contributed by atoms with van der Waals surface area (Å²) >= 11 is 0. The predicted octanol–water partition coefficient (Wildman–Crippen LogP) is 3.46. The molecular weight excluding hydrogens is 324 g/mol. The van der Waals surface area contributed by atoms with Crippen molar-refractivity contribution < 1.29 is 4.79 Å². The minimum atomic E-state index is 0.139. The van der Waals surface area contributed by atoms with Gasteiger partial charge < -0.3 is 9.88 Å². The maximum Gasteiger partial charge on any atom is 0.225 e. The Labute approximate surface area is 155 Å². The number of fused-ring (bicyclic) bond motifs is 1. The topological polar surface area (TPSA) is 50.2 Å². The number of aromatic nitrogens is 2.